The van der Waals surface area contributed by atoms with Gasteiger partial charge in [-0.05, 0) is 44.4 Å². The first-order valence-corrected chi connectivity index (χ1v) is 6.24. The molecule has 2 aliphatic rings. The van der Waals surface area contributed by atoms with E-state index in [0.29, 0.717) is 6.04 Å². The average molecular weight is 218 g/mol. The summed E-state index contributed by atoms with van der Waals surface area (Å²) in [7, 11) is 0. The SMILES string of the molecule is O=Cc1cccn1C1CCN2CCCC2C1. The lowest BCUT2D eigenvalue weighted by Crippen LogP contribution is -2.38. The van der Waals surface area contributed by atoms with Gasteiger partial charge in [0.25, 0.3) is 0 Å². The predicted octanol–water partition coefficient (Wildman–Crippen LogP) is 2.10. The van der Waals surface area contributed by atoms with E-state index in [9.17, 15) is 4.79 Å². The molecule has 0 bridgehead atoms. The van der Waals surface area contributed by atoms with Crippen molar-refractivity contribution in [3.05, 3.63) is 24.0 Å². The standard InChI is InChI=1S/C13H18N2O/c16-10-13-4-2-7-15(13)12-5-8-14-6-1-3-11(14)9-12/h2,4,7,10-12H,1,3,5-6,8-9H2. The van der Waals surface area contributed by atoms with E-state index < -0.39 is 0 Å². The molecule has 0 radical (unpaired) electrons. The number of aldehydes is 1. The number of rotatable bonds is 2. The molecule has 1 aromatic heterocycles. The minimum Gasteiger partial charge on any atom is -0.342 e. The second-order valence-corrected chi connectivity index (χ2v) is 4.97. The van der Waals surface area contributed by atoms with Gasteiger partial charge in [0.2, 0.25) is 0 Å². The highest BCUT2D eigenvalue weighted by Gasteiger charge is 2.32. The number of hydrogen-bond donors (Lipinski definition) is 0. The summed E-state index contributed by atoms with van der Waals surface area (Å²) >= 11 is 0. The van der Waals surface area contributed by atoms with E-state index in [1.807, 2.05) is 12.1 Å². The predicted molar refractivity (Wildman–Crippen MR) is 62.7 cm³/mol. The zero-order chi connectivity index (χ0) is 11.0. The number of carbonyl (C=O) groups is 1. The van der Waals surface area contributed by atoms with Crippen molar-refractivity contribution in [2.24, 2.45) is 0 Å². The van der Waals surface area contributed by atoms with Crippen LogP contribution in [0.15, 0.2) is 18.3 Å². The Hall–Kier alpha value is -1.09. The summed E-state index contributed by atoms with van der Waals surface area (Å²) in [4.78, 5) is 13.5. The van der Waals surface area contributed by atoms with Crippen LogP contribution in [0, 0.1) is 0 Å². The van der Waals surface area contributed by atoms with Gasteiger partial charge in [-0.25, -0.2) is 0 Å². The van der Waals surface area contributed by atoms with E-state index in [2.05, 4.69) is 15.7 Å². The molecule has 0 spiro atoms. The molecule has 2 saturated heterocycles. The second kappa shape index (κ2) is 4.06. The number of piperidine rings is 1. The first-order valence-electron chi connectivity index (χ1n) is 6.24. The molecule has 3 heteroatoms. The molecule has 3 nitrogen and oxygen atoms in total. The van der Waals surface area contributed by atoms with Crippen molar-refractivity contribution in [3.63, 3.8) is 0 Å². The maximum atomic E-state index is 10.9. The van der Waals surface area contributed by atoms with Crippen molar-refractivity contribution in [1.82, 2.24) is 9.47 Å². The lowest BCUT2D eigenvalue weighted by Gasteiger charge is -2.35. The van der Waals surface area contributed by atoms with Gasteiger partial charge in [-0.15, -0.1) is 0 Å². The highest BCUT2D eigenvalue weighted by Crippen LogP contribution is 2.33. The lowest BCUT2D eigenvalue weighted by atomic mass is 9.97. The van der Waals surface area contributed by atoms with E-state index in [0.717, 1.165) is 18.0 Å². The van der Waals surface area contributed by atoms with Crippen LogP contribution >= 0.6 is 0 Å². The lowest BCUT2D eigenvalue weighted by molar-refractivity contribution is 0.110. The van der Waals surface area contributed by atoms with Crippen molar-refractivity contribution in [2.45, 2.75) is 37.8 Å². The van der Waals surface area contributed by atoms with Crippen LogP contribution in [0.4, 0.5) is 0 Å². The Morgan fingerprint density at radius 3 is 3.06 bits per heavy atom. The molecule has 2 aliphatic heterocycles. The largest absolute Gasteiger partial charge is 0.342 e. The number of aromatic nitrogens is 1. The molecule has 1 aromatic rings. The van der Waals surface area contributed by atoms with Crippen molar-refractivity contribution in [3.8, 4) is 0 Å². The van der Waals surface area contributed by atoms with Gasteiger partial charge in [0, 0.05) is 24.8 Å². The van der Waals surface area contributed by atoms with Gasteiger partial charge in [-0.1, -0.05) is 0 Å². The summed E-state index contributed by atoms with van der Waals surface area (Å²) in [6, 6.07) is 5.19. The Labute approximate surface area is 96.0 Å². The minimum absolute atomic E-state index is 0.537. The Morgan fingerprint density at radius 1 is 1.25 bits per heavy atom. The Kier molecular flexibility index (Phi) is 2.56. The van der Waals surface area contributed by atoms with Crippen LogP contribution in [-0.4, -0.2) is 34.9 Å². The fourth-order valence-electron chi connectivity index (χ4n) is 3.30. The van der Waals surface area contributed by atoms with E-state index in [1.54, 1.807) is 0 Å². The molecule has 0 aromatic carbocycles. The first-order chi connectivity index (χ1) is 7.88. The molecule has 0 N–H and O–H groups in total. The van der Waals surface area contributed by atoms with Crippen LogP contribution in [0.1, 0.15) is 42.2 Å². The van der Waals surface area contributed by atoms with Crippen LogP contribution in [0.25, 0.3) is 0 Å². The van der Waals surface area contributed by atoms with Crippen molar-refractivity contribution < 1.29 is 4.79 Å². The molecule has 2 fully saturated rings. The monoisotopic (exact) mass is 218 g/mol. The molecular formula is C13H18N2O. The number of carbonyl (C=O) groups excluding carboxylic acids is 1. The smallest absolute Gasteiger partial charge is 0.166 e. The third-order valence-corrected chi connectivity index (χ3v) is 4.12. The van der Waals surface area contributed by atoms with Crippen LogP contribution in [0.2, 0.25) is 0 Å². The number of fused-ring (bicyclic) bond motifs is 1. The normalized spacial score (nSPS) is 30.2. The summed E-state index contributed by atoms with van der Waals surface area (Å²) < 4.78 is 2.17. The average Bonchev–Trinajstić information content (AvgIpc) is 2.96. The van der Waals surface area contributed by atoms with Gasteiger partial charge < -0.3 is 9.47 Å². The van der Waals surface area contributed by atoms with E-state index in [4.69, 9.17) is 0 Å². The molecule has 2 unspecified atom stereocenters. The van der Waals surface area contributed by atoms with Gasteiger partial charge in [0.15, 0.2) is 6.29 Å². The maximum absolute atomic E-state index is 10.9. The minimum atomic E-state index is 0.537. The van der Waals surface area contributed by atoms with Crippen molar-refractivity contribution in [1.29, 1.82) is 0 Å². The molecule has 86 valence electrons. The Morgan fingerprint density at radius 2 is 2.19 bits per heavy atom. The summed E-state index contributed by atoms with van der Waals surface area (Å²) in [6.45, 7) is 2.48. The fourth-order valence-corrected chi connectivity index (χ4v) is 3.30. The maximum Gasteiger partial charge on any atom is 0.166 e. The molecule has 3 rings (SSSR count). The van der Waals surface area contributed by atoms with Gasteiger partial charge in [0.05, 0.1) is 5.69 Å². The van der Waals surface area contributed by atoms with Crippen molar-refractivity contribution in [2.75, 3.05) is 13.1 Å². The highest BCUT2D eigenvalue weighted by atomic mass is 16.1. The molecule has 0 saturated carbocycles. The number of nitrogens with zero attached hydrogens (tertiary/aromatic N) is 2. The van der Waals surface area contributed by atoms with Crippen molar-refractivity contribution >= 4 is 6.29 Å². The van der Waals surface area contributed by atoms with Crippen LogP contribution in [0.3, 0.4) is 0 Å². The summed E-state index contributed by atoms with van der Waals surface area (Å²) in [5.74, 6) is 0. The van der Waals surface area contributed by atoms with Gasteiger partial charge >= 0.3 is 0 Å². The molecule has 3 heterocycles. The summed E-state index contributed by atoms with van der Waals surface area (Å²) in [5, 5.41) is 0. The summed E-state index contributed by atoms with van der Waals surface area (Å²) in [5.41, 5.74) is 0.830. The Balaban J connectivity index is 1.78. The quantitative estimate of drug-likeness (QED) is 0.710. The second-order valence-electron chi connectivity index (χ2n) is 4.97. The topological polar surface area (TPSA) is 25.2 Å². The van der Waals surface area contributed by atoms with E-state index >= 15 is 0 Å². The third-order valence-electron chi connectivity index (χ3n) is 4.12. The van der Waals surface area contributed by atoms with Crippen LogP contribution < -0.4 is 0 Å². The van der Waals surface area contributed by atoms with E-state index in [1.165, 1.54) is 38.8 Å². The molecule has 0 amide bonds. The summed E-state index contributed by atoms with van der Waals surface area (Å²) in [6.07, 6.45) is 8.12. The van der Waals surface area contributed by atoms with E-state index in [-0.39, 0.29) is 0 Å². The molecule has 2 atom stereocenters. The fraction of sp³-hybridized carbons (Fsp3) is 0.615. The number of hydrogen-bond acceptors (Lipinski definition) is 2. The van der Waals surface area contributed by atoms with Crippen LogP contribution in [-0.2, 0) is 0 Å². The molecule has 0 aliphatic carbocycles. The van der Waals surface area contributed by atoms with Gasteiger partial charge in [-0.3, -0.25) is 4.79 Å². The van der Waals surface area contributed by atoms with Gasteiger partial charge in [0.1, 0.15) is 0 Å². The zero-order valence-corrected chi connectivity index (χ0v) is 9.51. The van der Waals surface area contributed by atoms with Gasteiger partial charge in [-0.2, -0.15) is 0 Å². The molecule has 16 heavy (non-hydrogen) atoms. The first kappa shape index (κ1) is 10.1. The third kappa shape index (κ3) is 1.59. The Bertz CT molecular complexity index is 385. The highest BCUT2D eigenvalue weighted by molar-refractivity contribution is 5.72. The molecular weight excluding hydrogens is 200 g/mol. The zero-order valence-electron chi connectivity index (χ0n) is 9.51. The van der Waals surface area contributed by atoms with Crippen LogP contribution in [0.5, 0.6) is 0 Å².